The van der Waals surface area contributed by atoms with Crippen LogP contribution in [0.5, 0.6) is 0 Å². The van der Waals surface area contributed by atoms with E-state index in [1.54, 1.807) is 0 Å². The largest absolute Gasteiger partial charge is 0.352 e. The predicted molar refractivity (Wildman–Crippen MR) is 124 cm³/mol. The maximum absolute atomic E-state index is 13.6. The number of nitrogens with one attached hydrogen (secondary N) is 1. The molecule has 1 aliphatic heterocycles. The van der Waals surface area contributed by atoms with Gasteiger partial charge in [-0.2, -0.15) is 0 Å². The van der Waals surface area contributed by atoms with Crippen molar-refractivity contribution in [1.82, 2.24) is 10.2 Å². The van der Waals surface area contributed by atoms with Crippen molar-refractivity contribution in [3.8, 4) is 11.1 Å². The fourth-order valence-corrected chi connectivity index (χ4v) is 4.31. The number of carbonyl (C=O) groups excluding carboxylic acids is 2. The Hall–Kier alpha value is -3.40. The van der Waals surface area contributed by atoms with Gasteiger partial charge in [0.05, 0.1) is 0 Å². The molecule has 3 aromatic carbocycles. The lowest BCUT2D eigenvalue weighted by Crippen LogP contribution is -2.45. The zero-order valence-electron chi connectivity index (χ0n) is 17.7. The van der Waals surface area contributed by atoms with Crippen molar-refractivity contribution in [2.24, 2.45) is 0 Å². The maximum atomic E-state index is 13.6. The molecule has 4 nitrogen and oxygen atoms in total. The van der Waals surface area contributed by atoms with Crippen molar-refractivity contribution in [2.75, 3.05) is 13.1 Å². The second-order valence-corrected chi connectivity index (χ2v) is 7.97. The van der Waals surface area contributed by atoms with E-state index in [9.17, 15) is 9.59 Å². The summed E-state index contributed by atoms with van der Waals surface area (Å²) in [6, 6.07) is 27.3. The fraction of sp³-hybridized carbons (Fsp3) is 0.259. The highest BCUT2D eigenvalue weighted by molar-refractivity contribution is 6.01. The Labute approximate surface area is 183 Å². The van der Waals surface area contributed by atoms with E-state index in [-0.39, 0.29) is 17.9 Å². The van der Waals surface area contributed by atoms with Gasteiger partial charge in [0.2, 0.25) is 0 Å². The maximum Gasteiger partial charge on any atom is 0.254 e. The zero-order valence-corrected chi connectivity index (χ0v) is 17.7. The molecule has 31 heavy (non-hydrogen) atoms. The number of nitrogens with zero attached hydrogens (tertiary/aromatic N) is 1. The van der Waals surface area contributed by atoms with Gasteiger partial charge >= 0.3 is 0 Å². The van der Waals surface area contributed by atoms with E-state index >= 15 is 0 Å². The summed E-state index contributed by atoms with van der Waals surface area (Å²) in [4.78, 5) is 27.9. The number of benzene rings is 3. The van der Waals surface area contributed by atoms with Gasteiger partial charge in [0.25, 0.3) is 11.8 Å². The Morgan fingerprint density at radius 3 is 2.29 bits per heavy atom. The molecular formula is C27H28N2O2. The number of amides is 2. The summed E-state index contributed by atoms with van der Waals surface area (Å²) in [5.74, 6) is 0.0160. The molecule has 0 spiro atoms. The summed E-state index contributed by atoms with van der Waals surface area (Å²) < 4.78 is 0. The number of hydrogen-bond donors (Lipinski definition) is 1. The smallest absolute Gasteiger partial charge is 0.254 e. The molecule has 0 aliphatic carbocycles. The first-order valence-electron chi connectivity index (χ1n) is 11.0. The van der Waals surface area contributed by atoms with Gasteiger partial charge in [0.15, 0.2) is 0 Å². The molecule has 158 valence electrons. The van der Waals surface area contributed by atoms with Crippen LogP contribution in [-0.2, 0) is 0 Å². The second-order valence-electron chi connectivity index (χ2n) is 7.97. The minimum absolute atomic E-state index is 0.0660. The van der Waals surface area contributed by atoms with E-state index in [1.165, 1.54) is 0 Å². The highest BCUT2D eigenvalue weighted by atomic mass is 16.2. The molecule has 1 heterocycles. The molecule has 1 N–H and O–H groups in total. The first kappa shape index (κ1) is 20.9. The Balaban J connectivity index is 1.45. The second kappa shape index (κ2) is 10.1. The highest BCUT2D eigenvalue weighted by Gasteiger charge is 2.28. The fourth-order valence-electron chi connectivity index (χ4n) is 4.31. The molecule has 1 saturated heterocycles. The molecule has 3 aromatic rings. The lowest BCUT2D eigenvalue weighted by atomic mass is 9.95. The molecule has 0 aromatic heterocycles. The van der Waals surface area contributed by atoms with Crippen molar-refractivity contribution in [3.05, 3.63) is 96.1 Å². The van der Waals surface area contributed by atoms with Crippen LogP contribution in [0.3, 0.4) is 0 Å². The minimum Gasteiger partial charge on any atom is -0.352 e. The van der Waals surface area contributed by atoms with Crippen LogP contribution in [0.25, 0.3) is 11.1 Å². The average molecular weight is 413 g/mol. The van der Waals surface area contributed by atoms with Crippen LogP contribution in [0.15, 0.2) is 84.9 Å². The first-order valence-corrected chi connectivity index (χ1v) is 11.0. The SMILES string of the molecule is O=C(NCCC1CCCCN1C(=O)c1ccccc1-c1ccccc1)c1ccccc1. The summed E-state index contributed by atoms with van der Waals surface area (Å²) in [5, 5.41) is 3.01. The van der Waals surface area contributed by atoms with Crippen molar-refractivity contribution in [2.45, 2.75) is 31.7 Å². The van der Waals surface area contributed by atoms with Crippen molar-refractivity contribution < 1.29 is 9.59 Å². The van der Waals surface area contributed by atoms with Gasteiger partial charge in [0.1, 0.15) is 0 Å². The van der Waals surface area contributed by atoms with Crippen LogP contribution in [0.4, 0.5) is 0 Å². The van der Waals surface area contributed by atoms with Crippen LogP contribution in [-0.4, -0.2) is 35.8 Å². The third-order valence-corrected chi connectivity index (χ3v) is 5.93. The Morgan fingerprint density at radius 1 is 0.839 bits per heavy atom. The minimum atomic E-state index is -0.0660. The third kappa shape index (κ3) is 5.02. The number of hydrogen-bond acceptors (Lipinski definition) is 2. The Morgan fingerprint density at radius 2 is 1.52 bits per heavy atom. The molecule has 0 radical (unpaired) electrons. The van der Waals surface area contributed by atoms with Gasteiger partial charge < -0.3 is 10.2 Å². The number of likely N-dealkylation sites (tertiary alicyclic amines) is 1. The molecular weight excluding hydrogens is 384 g/mol. The predicted octanol–water partition coefficient (Wildman–Crippen LogP) is 5.17. The van der Waals surface area contributed by atoms with E-state index in [0.717, 1.165) is 48.9 Å². The van der Waals surface area contributed by atoms with Crippen LogP contribution >= 0.6 is 0 Å². The van der Waals surface area contributed by atoms with Crippen LogP contribution in [0.2, 0.25) is 0 Å². The monoisotopic (exact) mass is 412 g/mol. The van der Waals surface area contributed by atoms with Gasteiger partial charge in [0, 0.05) is 30.3 Å². The lowest BCUT2D eigenvalue weighted by Gasteiger charge is -2.36. The molecule has 0 bridgehead atoms. The van der Waals surface area contributed by atoms with E-state index < -0.39 is 0 Å². The number of carbonyl (C=O) groups is 2. The Kier molecular flexibility index (Phi) is 6.78. The van der Waals surface area contributed by atoms with Crippen molar-refractivity contribution in [3.63, 3.8) is 0 Å². The van der Waals surface area contributed by atoms with E-state index in [4.69, 9.17) is 0 Å². The molecule has 1 unspecified atom stereocenters. The van der Waals surface area contributed by atoms with Gasteiger partial charge in [-0.15, -0.1) is 0 Å². The average Bonchev–Trinajstić information content (AvgIpc) is 2.85. The standard InChI is InChI=1S/C27H28N2O2/c30-26(22-13-5-2-6-14-22)28-19-18-23-15-9-10-20-29(23)27(31)25-17-8-7-16-24(25)21-11-3-1-4-12-21/h1-8,11-14,16-17,23H,9-10,15,18-20H2,(H,28,30). The summed E-state index contributed by atoms with van der Waals surface area (Å²) in [7, 11) is 0. The van der Waals surface area contributed by atoms with Crippen molar-refractivity contribution in [1.29, 1.82) is 0 Å². The Bertz CT molecular complexity index is 1020. The zero-order chi connectivity index (χ0) is 21.5. The van der Waals surface area contributed by atoms with Crippen LogP contribution in [0, 0.1) is 0 Å². The first-order chi connectivity index (χ1) is 15.2. The molecule has 2 amide bonds. The van der Waals surface area contributed by atoms with E-state index in [1.807, 2.05) is 89.8 Å². The molecule has 0 saturated carbocycles. The number of rotatable bonds is 6. The summed E-state index contributed by atoms with van der Waals surface area (Å²) in [6.45, 7) is 1.32. The number of piperidine rings is 1. The van der Waals surface area contributed by atoms with Gasteiger partial charge in [-0.25, -0.2) is 0 Å². The summed E-state index contributed by atoms with van der Waals surface area (Å²) in [5.41, 5.74) is 3.43. The van der Waals surface area contributed by atoms with Gasteiger partial charge in [-0.3, -0.25) is 9.59 Å². The normalized spacial score (nSPS) is 16.0. The highest BCUT2D eigenvalue weighted by Crippen LogP contribution is 2.28. The molecule has 1 aliphatic rings. The van der Waals surface area contributed by atoms with Crippen LogP contribution < -0.4 is 5.32 Å². The summed E-state index contributed by atoms with van der Waals surface area (Å²) in [6.07, 6.45) is 3.87. The molecule has 4 rings (SSSR count). The van der Waals surface area contributed by atoms with Gasteiger partial charge in [-0.1, -0.05) is 66.7 Å². The summed E-state index contributed by atoms with van der Waals surface area (Å²) >= 11 is 0. The lowest BCUT2D eigenvalue weighted by molar-refractivity contribution is 0.0602. The van der Waals surface area contributed by atoms with Gasteiger partial charge in [-0.05, 0) is 55.0 Å². The third-order valence-electron chi connectivity index (χ3n) is 5.93. The quantitative estimate of drug-likeness (QED) is 0.607. The van der Waals surface area contributed by atoms with Crippen molar-refractivity contribution >= 4 is 11.8 Å². The topological polar surface area (TPSA) is 49.4 Å². The van der Waals surface area contributed by atoms with E-state index in [0.29, 0.717) is 12.1 Å². The van der Waals surface area contributed by atoms with Crippen LogP contribution in [0.1, 0.15) is 46.4 Å². The molecule has 1 atom stereocenters. The molecule has 1 fully saturated rings. The van der Waals surface area contributed by atoms with E-state index in [2.05, 4.69) is 5.32 Å². The molecule has 4 heteroatoms.